The molecule has 0 saturated heterocycles. The Balaban J connectivity index is 1.82. The van der Waals surface area contributed by atoms with Crippen molar-refractivity contribution in [2.75, 3.05) is 0 Å². The summed E-state index contributed by atoms with van der Waals surface area (Å²) < 4.78 is 5.63. The standard InChI is InChI=1S/C17H18O6/c18-10-4-1-9(2-5-10)3-6-11-7-12(19)15-14(23-11)8-13(20)16(21)17(15)22/h1-2,4-5,7,13,16-18,20-22H,3,6,8H2. The predicted molar refractivity (Wildman–Crippen MR) is 81.2 cm³/mol. The molecule has 0 amide bonds. The largest absolute Gasteiger partial charge is 0.508 e. The third-order valence-corrected chi connectivity index (χ3v) is 4.12. The van der Waals surface area contributed by atoms with Gasteiger partial charge in [-0.15, -0.1) is 0 Å². The molecule has 1 aliphatic rings. The van der Waals surface area contributed by atoms with Crippen molar-refractivity contribution < 1.29 is 24.8 Å². The van der Waals surface area contributed by atoms with Crippen LogP contribution in [0.5, 0.6) is 5.75 Å². The SMILES string of the molecule is O=c1cc(CCc2ccc(O)cc2)oc2c1C(O)C(O)C(O)C2. The van der Waals surface area contributed by atoms with Crippen LogP contribution in [0.1, 0.15) is 28.8 Å². The molecule has 0 radical (unpaired) electrons. The summed E-state index contributed by atoms with van der Waals surface area (Å²) in [5, 5.41) is 38.5. The zero-order valence-corrected chi connectivity index (χ0v) is 12.3. The molecule has 122 valence electrons. The molecule has 3 rings (SSSR count). The molecule has 0 aliphatic heterocycles. The van der Waals surface area contributed by atoms with E-state index in [0.717, 1.165) is 5.56 Å². The quantitative estimate of drug-likeness (QED) is 0.653. The lowest BCUT2D eigenvalue weighted by atomic mass is 9.89. The van der Waals surface area contributed by atoms with Gasteiger partial charge in [0, 0.05) is 18.9 Å². The molecule has 0 spiro atoms. The Morgan fingerprint density at radius 2 is 1.78 bits per heavy atom. The van der Waals surface area contributed by atoms with Gasteiger partial charge in [-0.3, -0.25) is 4.79 Å². The zero-order valence-electron chi connectivity index (χ0n) is 12.3. The van der Waals surface area contributed by atoms with Gasteiger partial charge in [0.1, 0.15) is 29.5 Å². The molecule has 4 N–H and O–H groups in total. The van der Waals surface area contributed by atoms with Gasteiger partial charge in [-0.1, -0.05) is 12.1 Å². The molecule has 0 bridgehead atoms. The lowest BCUT2D eigenvalue weighted by Gasteiger charge is -2.29. The third kappa shape index (κ3) is 3.14. The second-order valence-corrected chi connectivity index (χ2v) is 5.79. The fourth-order valence-electron chi connectivity index (χ4n) is 2.81. The van der Waals surface area contributed by atoms with Crippen LogP contribution in [0.2, 0.25) is 0 Å². The van der Waals surface area contributed by atoms with Gasteiger partial charge in [0.25, 0.3) is 0 Å². The van der Waals surface area contributed by atoms with Gasteiger partial charge in [-0.05, 0) is 24.1 Å². The Hall–Kier alpha value is -2.15. The van der Waals surface area contributed by atoms with Gasteiger partial charge in [0.15, 0.2) is 5.43 Å². The van der Waals surface area contributed by atoms with Crippen LogP contribution < -0.4 is 5.43 Å². The Morgan fingerprint density at radius 3 is 2.48 bits per heavy atom. The van der Waals surface area contributed by atoms with Crippen LogP contribution in [0, 0.1) is 0 Å². The first-order valence-corrected chi connectivity index (χ1v) is 7.43. The molecule has 0 saturated carbocycles. The third-order valence-electron chi connectivity index (χ3n) is 4.12. The van der Waals surface area contributed by atoms with Crippen molar-refractivity contribution in [2.45, 2.75) is 37.6 Å². The number of aryl methyl sites for hydroxylation is 2. The summed E-state index contributed by atoms with van der Waals surface area (Å²) in [5.74, 6) is 0.872. The van der Waals surface area contributed by atoms with Crippen LogP contribution in [-0.2, 0) is 19.3 Å². The summed E-state index contributed by atoms with van der Waals surface area (Å²) in [6, 6.07) is 8.07. The van der Waals surface area contributed by atoms with Crippen LogP contribution in [0.15, 0.2) is 39.5 Å². The number of aliphatic hydroxyl groups is 3. The van der Waals surface area contributed by atoms with Gasteiger partial charge in [0.05, 0.1) is 11.7 Å². The number of fused-ring (bicyclic) bond motifs is 1. The molecule has 3 atom stereocenters. The van der Waals surface area contributed by atoms with Gasteiger partial charge < -0.3 is 24.8 Å². The van der Waals surface area contributed by atoms with Gasteiger partial charge >= 0.3 is 0 Å². The highest BCUT2D eigenvalue weighted by atomic mass is 16.4. The molecular formula is C17H18O6. The van der Waals surface area contributed by atoms with E-state index in [0.29, 0.717) is 18.6 Å². The molecule has 23 heavy (non-hydrogen) atoms. The van der Waals surface area contributed by atoms with Gasteiger partial charge in [-0.2, -0.15) is 0 Å². The summed E-state index contributed by atoms with van der Waals surface area (Å²) >= 11 is 0. The maximum Gasteiger partial charge on any atom is 0.191 e. The van der Waals surface area contributed by atoms with E-state index in [4.69, 9.17) is 4.42 Å². The summed E-state index contributed by atoms with van der Waals surface area (Å²) in [5.41, 5.74) is 0.611. The Morgan fingerprint density at radius 1 is 1.09 bits per heavy atom. The highest BCUT2D eigenvalue weighted by molar-refractivity contribution is 5.29. The number of benzene rings is 1. The van der Waals surface area contributed by atoms with Gasteiger partial charge in [0.2, 0.25) is 0 Å². The second kappa shape index (κ2) is 6.16. The van der Waals surface area contributed by atoms with Crippen LogP contribution in [-0.4, -0.2) is 32.6 Å². The summed E-state index contributed by atoms with van der Waals surface area (Å²) in [4.78, 5) is 12.2. The Bertz CT molecular complexity index is 749. The molecule has 0 fully saturated rings. The molecule has 2 aromatic rings. The van der Waals surface area contributed by atoms with Gasteiger partial charge in [-0.25, -0.2) is 0 Å². The summed E-state index contributed by atoms with van der Waals surface area (Å²) in [6.45, 7) is 0. The first-order valence-electron chi connectivity index (χ1n) is 7.43. The lowest BCUT2D eigenvalue weighted by molar-refractivity contribution is -0.0732. The van der Waals surface area contributed by atoms with Crippen LogP contribution in [0.3, 0.4) is 0 Å². The lowest BCUT2D eigenvalue weighted by Crippen LogP contribution is -2.41. The first-order chi connectivity index (χ1) is 11.0. The van der Waals surface area contributed by atoms with Crippen molar-refractivity contribution in [3.05, 3.63) is 63.2 Å². The highest BCUT2D eigenvalue weighted by Gasteiger charge is 2.36. The molecule has 1 aromatic heterocycles. The first kappa shape index (κ1) is 15.7. The number of aliphatic hydroxyl groups excluding tert-OH is 3. The Labute approximate surface area is 132 Å². The molecule has 6 heteroatoms. The minimum absolute atomic E-state index is 0.00412. The number of rotatable bonds is 3. The number of hydrogen-bond donors (Lipinski definition) is 4. The fourth-order valence-corrected chi connectivity index (χ4v) is 2.81. The maximum atomic E-state index is 12.2. The van der Waals surface area contributed by atoms with E-state index in [-0.39, 0.29) is 23.5 Å². The molecule has 3 unspecified atom stereocenters. The van der Waals surface area contributed by atoms with Crippen molar-refractivity contribution >= 4 is 0 Å². The second-order valence-electron chi connectivity index (χ2n) is 5.79. The summed E-state index contributed by atoms with van der Waals surface area (Å²) in [6.07, 6.45) is -2.88. The van der Waals surface area contributed by atoms with E-state index in [9.17, 15) is 25.2 Å². The maximum absolute atomic E-state index is 12.2. The van der Waals surface area contributed by atoms with Crippen molar-refractivity contribution in [3.8, 4) is 5.75 Å². The topological polar surface area (TPSA) is 111 Å². The highest BCUT2D eigenvalue weighted by Crippen LogP contribution is 2.28. The Kier molecular flexibility index (Phi) is 4.21. The van der Waals surface area contributed by atoms with Crippen molar-refractivity contribution in [1.82, 2.24) is 0 Å². The van der Waals surface area contributed by atoms with E-state index in [1.165, 1.54) is 6.07 Å². The minimum Gasteiger partial charge on any atom is -0.508 e. The smallest absolute Gasteiger partial charge is 0.191 e. The van der Waals surface area contributed by atoms with E-state index in [1.54, 1.807) is 24.3 Å². The van der Waals surface area contributed by atoms with Crippen molar-refractivity contribution in [3.63, 3.8) is 0 Å². The van der Waals surface area contributed by atoms with E-state index in [1.807, 2.05) is 0 Å². The molecule has 1 heterocycles. The van der Waals surface area contributed by atoms with E-state index in [2.05, 4.69) is 0 Å². The molecule has 6 nitrogen and oxygen atoms in total. The van der Waals surface area contributed by atoms with E-state index < -0.39 is 23.7 Å². The fraction of sp³-hybridized carbons (Fsp3) is 0.353. The zero-order chi connectivity index (χ0) is 16.6. The monoisotopic (exact) mass is 318 g/mol. The van der Waals surface area contributed by atoms with Crippen molar-refractivity contribution in [2.24, 2.45) is 0 Å². The number of hydrogen-bond acceptors (Lipinski definition) is 6. The molecule has 1 aliphatic carbocycles. The van der Waals surface area contributed by atoms with Crippen LogP contribution in [0.4, 0.5) is 0 Å². The predicted octanol–water partition coefficient (Wildman–Crippen LogP) is 0.442. The number of phenols is 1. The normalized spacial score (nSPS) is 23.5. The molecular weight excluding hydrogens is 300 g/mol. The summed E-state index contributed by atoms with van der Waals surface area (Å²) in [7, 11) is 0. The number of aromatic hydroxyl groups is 1. The van der Waals surface area contributed by atoms with Crippen molar-refractivity contribution in [1.29, 1.82) is 0 Å². The molecule has 1 aromatic carbocycles. The number of phenolic OH excluding ortho intramolecular Hbond substituents is 1. The van der Waals surface area contributed by atoms with E-state index >= 15 is 0 Å². The average molecular weight is 318 g/mol. The van der Waals surface area contributed by atoms with Crippen LogP contribution in [0.25, 0.3) is 0 Å². The van der Waals surface area contributed by atoms with Crippen LogP contribution >= 0.6 is 0 Å². The average Bonchev–Trinajstić information content (AvgIpc) is 2.51. The minimum atomic E-state index is -1.43.